The van der Waals surface area contributed by atoms with Gasteiger partial charge >= 0.3 is 5.97 Å². The van der Waals surface area contributed by atoms with Crippen LogP contribution >= 0.6 is 0 Å². The van der Waals surface area contributed by atoms with E-state index in [0.717, 1.165) is 11.3 Å². The van der Waals surface area contributed by atoms with E-state index in [2.05, 4.69) is 5.10 Å². The van der Waals surface area contributed by atoms with E-state index in [1.54, 1.807) is 0 Å². The Hall–Kier alpha value is -3.46. The Morgan fingerprint density at radius 1 is 1.12 bits per heavy atom. The SMILES string of the molecule is N#Cc1ccc(C(=O)OCC(=O)N2CCC(c3ccccc3)=N2)cc1. The summed E-state index contributed by atoms with van der Waals surface area (Å²) in [6, 6.07) is 17.6. The predicted molar refractivity (Wildman–Crippen MR) is 90.7 cm³/mol. The van der Waals surface area contributed by atoms with Gasteiger partial charge in [0.15, 0.2) is 6.61 Å². The van der Waals surface area contributed by atoms with Gasteiger partial charge in [0.25, 0.3) is 5.91 Å². The summed E-state index contributed by atoms with van der Waals surface area (Å²) in [5.41, 5.74) is 2.56. The van der Waals surface area contributed by atoms with Crippen LogP contribution < -0.4 is 0 Å². The van der Waals surface area contributed by atoms with Gasteiger partial charge in [0, 0.05) is 6.42 Å². The fourth-order valence-electron chi connectivity index (χ4n) is 2.44. The van der Waals surface area contributed by atoms with Gasteiger partial charge < -0.3 is 4.74 Å². The number of benzene rings is 2. The third kappa shape index (κ3) is 3.90. The monoisotopic (exact) mass is 333 g/mol. The summed E-state index contributed by atoms with van der Waals surface area (Å²) in [4.78, 5) is 24.1. The molecule has 1 aliphatic heterocycles. The van der Waals surface area contributed by atoms with Crippen molar-refractivity contribution in [1.29, 1.82) is 5.26 Å². The minimum atomic E-state index is -0.607. The van der Waals surface area contributed by atoms with Crippen LogP contribution in [0.25, 0.3) is 0 Å². The molecule has 3 rings (SSSR count). The summed E-state index contributed by atoms with van der Waals surface area (Å²) >= 11 is 0. The summed E-state index contributed by atoms with van der Waals surface area (Å²) in [7, 11) is 0. The fraction of sp³-hybridized carbons (Fsp3) is 0.158. The molecule has 0 radical (unpaired) electrons. The highest BCUT2D eigenvalue weighted by Gasteiger charge is 2.22. The number of hydrazone groups is 1. The Morgan fingerprint density at radius 2 is 1.84 bits per heavy atom. The second-order valence-corrected chi connectivity index (χ2v) is 5.44. The lowest BCUT2D eigenvalue weighted by Crippen LogP contribution is -2.28. The van der Waals surface area contributed by atoms with Gasteiger partial charge in [-0.3, -0.25) is 4.79 Å². The first-order chi connectivity index (χ1) is 12.2. The summed E-state index contributed by atoms with van der Waals surface area (Å²) in [5.74, 6) is -0.975. The van der Waals surface area contributed by atoms with Crippen molar-refractivity contribution in [1.82, 2.24) is 5.01 Å². The molecule has 6 nitrogen and oxygen atoms in total. The topological polar surface area (TPSA) is 82.8 Å². The summed E-state index contributed by atoms with van der Waals surface area (Å²) < 4.78 is 5.03. The maximum absolute atomic E-state index is 12.2. The third-order valence-electron chi connectivity index (χ3n) is 3.77. The summed E-state index contributed by atoms with van der Waals surface area (Å²) in [6.07, 6.45) is 0.666. The van der Waals surface area contributed by atoms with Crippen molar-refractivity contribution in [2.45, 2.75) is 6.42 Å². The molecule has 2 aromatic carbocycles. The summed E-state index contributed by atoms with van der Waals surface area (Å²) in [6.45, 7) is 0.0991. The van der Waals surface area contributed by atoms with Crippen molar-refractivity contribution < 1.29 is 14.3 Å². The summed E-state index contributed by atoms with van der Waals surface area (Å²) in [5, 5.41) is 14.4. The molecule has 0 N–H and O–H groups in total. The van der Waals surface area contributed by atoms with Crippen molar-refractivity contribution in [3.8, 4) is 6.07 Å². The standard InChI is InChI=1S/C19H15N3O3/c20-12-14-6-8-16(9-7-14)19(24)25-13-18(23)22-11-10-17(21-22)15-4-2-1-3-5-15/h1-9H,10-11,13H2. The van der Waals surface area contributed by atoms with Crippen molar-refractivity contribution in [3.63, 3.8) is 0 Å². The highest BCUT2D eigenvalue weighted by atomic mass is 16.5. The van der Waals surface area contributed by atoms with Crippen LogP contribution in [0.15, 0.2) is 59.7 Å². The smallest absolute Gasteiger partial charge is 0.338 e. The molecule has 1 heterocycles. The first-order valence-electron chi connectivity index (χ1n) is 7.78. The molecule has 0 aliphatic carbocycles. The lowest BCUT2D eigenvalue weighted by atomic mass is 10.1. The molecule has 0 fully saturated rings. The first kappa shape index (κ1) is 16.4. The Bertz CT molecular complexity index is 852. The molecule has 2 aromatic rings. The highest BCUT2D eigenvalue weighted by molar-refractivity contribution is 6.02. The van der Waals surface area contributed by atoms with Crippen LogP contribution in [0.1, 0.15) is 27.9 Å². The maximum atomic E-state index is 12.2. The molecule has 124 valence electrons. The average molecular weight is 333 g/mol. The predicted octanol–water partition coefficient (Wildman–Crippen LogP) is 2.35. The normalized spacial score (nSPS) is 13.1. The molecule has 0 aromatic heterocycles. The van der Waals surface area contributed by atoms with Crippen LogP contribution in [-0.2, 0) is 9.53 Å². The number of esters is 1. The first-order valence-corrected chi connectivity index (χ1v) is 7.78. The van der Waals surface area contributed by atoms with Crippen LogP contribution in [0.2, 0.25) is 0 Å². The van der Waals surface area contributed by atoms with Gasteiger partial charge in [-0.1, -0.05) is 30.3 Å². The van der Waals surface area contributed by atoms with E-state index in [4.69, 9.17) is 10.00 Å². The van der Waals surface area contributed by atoms with Gasteiger partial charge in [0.1, 0.15) is 0 Å². The largest absolute Gasteiger partial charge is 0.452 e. The number of ether oxygens (including phenoxy) is 1. The van der Waals surface area contributed by atoms with Gasteiger partial charge in [-0.15, -0.1) is 0 Å². The van der Waals surface area contributed by atoms with Gasteiger partial charge in [-0.2, -0.15) is 10.4 Å². The molecule has 0 bridgehead atoms. The van der Waals surface area contributed by atoms with E-state index in [1.807, 2.05) is 36.4 Å². The van der Waals surface area contributed by atoms with Crippen LogP contribution in [-0.4, -0.2) is 35.7 Å². The molecular formula is C19H15N3O3. The molecule has 0 saturated carbocycles. The van der Waals surface area contributed by atoms with Crippen molar-refractivity contribution in [2.75, 3.05) is 13.2 Å². The van der Waals surface area contributed by atoms with Gasteiger partial charge in [-0.25, -0.2) is 9.80 Å². The average Bonchev–Trinajstić information content (AvgIpc) is 3.17. The van der Waals surface area contributed by atoms with E-state index < -0.39 is 5.97 Å². The van der Waals surface area contributed by atoms with E-state index >= 15 is 0 Å². The second kappa shape index (κ2) is 7.41. The van der Waals surface area contributed by atoms with Crippen molar-refractivity contribution >= 4 is 17.6 Å². The number of rotatable bonds is 4. The molecule has 0 atom stereocenters. The number of hydrogen-bond acceptors (Lipinski definition) is 5. The zero-order valence-corrected chi connectivity index (χ0v) is 13.4. The highest BCUT2D eigenvalue weighted by Crippen LogP contribution is 2.14. The zero-order valence-electron chi connectivity index (χ0n) is 13.4. The van der Waals surface area contributed by atoms with E-state index in [-0.39, 0.29) is 12.5 Å². The number of carbonyl (C=O) groups is 2. The number of nitrogens with zero attached hydrogens (tertiary/aromatic N) is 3. The van der Waals surface area contributed by atoms with Gasteiger partial charge in [0.2, 0.25) is 0 Å². The van der Waals surface area contributed by atoms with Crippen LogP contribution in [0, 0.1) is 11.3 Å². The lowest BCUT2D eigenvalue weighted by molar-refractivity contribution is -0.134. The molecule has 1 aliphatic rings. The second-order valence-electron chi connectivity index (χ2n) is 5.44. The molecule has 25 heavy (non-hydrogen) atoms. The Morgan fingerprint density at radius 3 is 2.52 bits per heavy atom. The number of hydrogen-bond donors (Lipinski definition) is 0. The number of nitriles is 1. The third-order valence-corrected chi connectivity index (χ3v) is 3.77. The zero-order chi connectivity index (χ0) is 17.6. The number of amides is 1. The van der Waals surface area contributed by atoms with Crippen LogP contribution in [0.3, 0.4) is 0 Å². The molecule has 0 saturated heterocycles. The van der Waals surface area contributed by atoms with Gasteiger partial charge in [0.05, 0.1) is 29.5 Å². The van der Waals surface area contributed by atoms with Crippen molar-refractivity contribution in [3.05, 3.63) is 71.3 Å². The lowest BCUT2D eigenvalue weighted by Gasteiger charge is -2.11. The maximum Gasteiger partial charge on any atom is 0.338 e. The Balaban J connectivity index is 1.57. The fourth-order valence-corrected chi connectivity index (χ4v) is 2.44. The number of carbonyl (C=O) groups excluding carboxylic acids is 2. The minimum absolute atomic E-state index is 0.293. The molecule has 0 spiro atoms. The van der Waals surface area contributed by atoms with Crippen LogP contribution in [0.5, 0.6) is 0 Å². The Labute approximate surface area is 144 Å². The Kier molecular flexibility index (Phi) is 4.86. The quantitative estimate of drug-likeness (QED) is 0.804. The van der Waals surface area contributed by atoms with Crippen molar-refractivity contribution in [2.24, 2.45) is 5.10 Å². The van der Waals surface area contributed by atoms with E-state index in [1.165, 1.54) is 29.3 Å². The minimum Gasteiger partial charge on any atom is -0.452 e. The molecular weight excluding hydrogens is 318 g/mol. The van der Waals surface area contributed by atoms with Gasteiger partial charge in [-0.05, 0) is 29.8 Å². The molecule has 1 amide bonds. The van der Waals surface area contributed by atoms with Crippen LogP contribution in [0.4, 0.5) is 0 Å². The molecule has 6 heteroatoms. The van der Waals surface area contributed by atoms with E-state index in [0.29, 0.717) is 24.1 Å². The molecule has 0 unspecified atom stereocenters. The van der Waals surface area contributed by atoms with E-state index in [9.17, 15) is 9.59 Å².